The first-order chi connectivity index (χ1) is 8.22. The van der Waals surface area contributed by atoms with E-state index in [1.807, 2.05) is 0 Å². The number of hydrogen-bond donors (Lipinski definition) is 0. The molecule has 0 fully saturated rings. The maximum Gasteiger partial charge on any atom is 0.307 e. The summed E-state index contributed by atoms with van der Waals surface area (Å²) in [5.41, 5.74) is 0.298. The largest absolute Gasteiger partial charge is 0.469 e. The number of benzene rings is 1. The Bertz CT molecular complexity index is 606. The number of esters is 1. The Morgan fingerprint density at radius 2 is 2.18 bits per heavy atom. The molecule has 0 spiro atoms. The second-order valence-electron chi connectivity index (χ2n) is 3.46. The molecular formula is C11H11N3O3. The number of carbonyl (C=O) groups is 1. The van der Waals surface area contributed by atoms with Gasteiger partial charge in [0.15, 0.2) is 0 Å². The molecule has 6 heteroatoms. The van der Waals surface area contributed by atoms with Gasteiger partial charge in [-0.2, -0.15) is 0 Å². The van der Waals surface area contributed by atoms with Gasteiger partial charge in [0.05, 0.1) is 25.5 Å². The van der Waals surface area contributed by atoms with E-state index in [4.69, 9.17) is 0 Å². The molecule has 6 nitrogen and oxygen atoms in total. The van der Waals surface area contributed by atoms with Crippen LogP contribution >= 0.6 is 0 Å². The highest BCUT2D eigenvalue weighted by atomic mass is 16.5. The molecule has 0 N–H and O–H groups in total. The van der Waals surface area contributed by atoms with Crippen LogP contribution in [0.5, 0.6) is 0 Å². The minimum Gasteiger partial charge on any atom is -0.469 e. The molecule has 1 heterocycles. The van der Waals surface area contributed by atoms with Gasteiger partial charge in [0.1, 0.15) is 5.52 Å². The molecule has 0 saturated carbocycles. The predicted molar refractivity (Wildman–Crippen MR) is 60.4 cm³/mol. The topological polar surface area (TPSA) is 74.1 Å². The van der Waals surface area contributed by atoms with E-state index in [9.17, 15) is 9.59 Å². The van der Waals surface area contributed by atoms with Gasteiger partial charge in [-0.25, -0.2) is 4.68 Å². The first-order valence-electron chi connectivity index (χ1n) is 5.11. The molecule has 0 bridgehead atoms. The third-order valence-corrected chi connectivity index (χ3v) is 2.38. The number of methoxy groups -OCH3 is 1. The molecule has 0 radical (unpaired) electrons. The molecule has 0 atom stereocenters. The molecule has 2 aromatic rings. The number of aryl methyl sites for hydroxylation is 1. The van der Waals surface area contributed by atoms with Crippen molar-refractivity contribution in [2.24, 2.45) is 0 Å². The third kappa shape index (κ3) is 2.30. The van der Waals surface area contributed by atoms with Crippen LogP contribution in [0.1, 0.15) is 6.42 Å². The summed E-state index contributed by atoms with van der Waals surface area (Å²) in [6, 6.07) is 6.95. The van der Waals surface area contributed by atoms with E-state index in [1.54, 1.807) is 24.3 Å². The van der Waals surface area contributed by atoms with Crippen molar-refractivity contribution in [3.63, 3.8) is 0 Å². The Morgan fingerprint density at radius 1 is 1.41 bits per heavy atom. The van der Waals surface area contributed by atoms with Crippen LogP contribution in [0.2, 0.25) is 0 Å². The van der Waals surface area contributed by atoms with Crippen LogP contribution in [0.25, 0.3) is 10.9 Å². The van der Waals surface area contributed by atoms with Gasteiger partial charge >= 0.3 is 5.97 Å². The van der Waals surface area contributed by atoms with Crippen LogP contribution in [-0.2, 0) is 16.1 Å². The van der Waals surface area contributed by atoms with Crippen LogP contribution in [-0.4, -0.2) is 28.1 Å². The van der Waals surface area contributed by atoms with E-state index in [0.717, 1.165) is 0 Å². The number of rotatable bonds is 3. The Balaban J connectivity index is 2.33. The molecule has 2 rings (SSSR count). The molecule has 17 heavy (non-hydrogen) atoms. The van der Waals surface area contributed by atoms with Gasteiger partial charge in [0.25, 0.3) is 5.56 Å². The Morgan fingerprint density at radius 3 is 2.94 bits per heavy atom. The Labute approximate surface area is 96.8 Å². The minimum atomic E-state index is -0.383. The maximum absolute atomic E-state index is 11.9. The highest BCUT2D eigenvalue weighted by molar-refractivity contribution is 5.76. The summed E-state index contributed by atoms with van der Waals surface area (Å²) in [6.45, 7) is 0.170. The number of aromatic nitrogens is 3. The molecule has 1 aromatic heterocycles. The van der Waals surface area contributed by atoms with E-state index in [-0.39, 0.29) is 24.5 Å². The van der Waals surface area contributed by atoms with Crippen molar-refractivity contribution in [2.75, 3.05) is 7.11 Å². The molecule has 1 aromatic carbocycles. The highest BCUT2D eigenvalue weighted by Crippen LogP contribution is 2.03. The van der Waals surface area contributed by atoms with Gasteiger partial charge in [-0.05, 0) is 12.1 Å². The maximum atomic E-state index is 11.9. The van der Waals surface area contributed by atoms with Crippen molar-refractivity contribution in [1.82, 2.24) is 15.0 Å². The van der Waals surface area contributed by atoms with Gasteiger partial charge in [0, 0.05) is 0 Å². The molecule has 0 aliphatic carbocycles. The van der Waals surface area contributed by atoms with Crippen molar-refractivity contribution in [3.8, 4) is 0 Å². The van der Waals surface area contributed by atoms with E-state index in [1.165, 1.54) is 11.8 Å². The lowest BCUT2D eigenvalue weighted by molar-refractivity contribution is -0.140. The van der Waals surface area contributed by atoms with Gasteiger partial charge in [-0.15, -0.1) is 5.10 Å². The average molecular weight is 233 g/mol. The monoisotopic (exact) mass is 233 g/mol. The van der Waals surface area contributed by atoms with Crippen molar-refractivity contribution < 1.29 is 9.53 Å². The van der Waals surface area contributed by atoms with Crippen molar-refractivity contribution in [2.45, 2.75) is 13.0 Å². The number of hydrogen-bond acceptors (Lipinski definition) is 5. The van der Waals surface area contributed by atoms with Crippen molar-refractivity contribution in [3.05, 3.63) is 34.6 Å². The molecule has 0 aliphatic rings. The molecule has 0 saturated heterocycles. The second-order valence-corrected chi connectivity index (χ2v) is 3.46. The lowest BCUT2D eigenvalue weighted by atomic mass is 10.2. The summed E-state index contributed by atoms with van der Waals surface area (Å²) in [5, 5.41) is 8.16. The fourth-order valence-electron chi connectivity index (χ4n) is 1.47. The lowest BCUT2D eigenvalue weighted by Gasteiger charge is -2.03. The predicted octanol–water partition coefficient (Wildman–Crippen LogP) is 0.355. The highest BCUT2D eigenvalue weighted by Gasteiger charge is 2.07. The fraction of sp³-hybridized carbons (Fsp3) is 0.273. The standard InChI is InChI=1S/C11H11N3O3/c1-17-10(15)6-7-14-11(16)8-4-2-3-5-9(8)12-13-14/h2-5H,6-7H2,1H3. The molecule has 88 valence electrons. The van der Waals surface area contributed by atoms with E-state index in [2.05, 4.69) is 15.0 Å². The second kappa shape index (κ2) is 4.73. The molecule has 0 amide bonds. The first kappa shape index (κ1) is 11.3. The number of nitrogens with zero attached hydrogens (tertiary/aromatic N) is 3. The smallest absolute Gasteiger partial charge is 0.307 e. The Kier molecular flexibility index (Phi) is 3.13. The van der Waals surface area contributed by atoms with E-state index < -0.39 is 0 Å². The molecular weight excluding hydrogens is 222 g/mol. The summed E-state index contributed by atoms with van der Waals surface area (Å²) in [7, 11) is 1.30. The van der Waals surface area contributed by atoms with Crippen LogP contribution in [0.15, 0.2) is 29.1 Å². The van der Waals surface area contributed by atoms with Gasteiger partial charge in [0.2, 0.25) is 0 Å². The van der Waals surface area contributed by atoms with E-state index in [0.29, 0.717) is 10.9 Å². The Hall–Kier alpha value is -2.24. The summed E-state index contributed by atoms with van der Waals surface area (Å²) in [5.74, 6) is -0.383. The summed E-state index contributed by atoms with van der Waals surface area (Å²) in [6.07, 6.45) is 0.101. The minimum absolute atomic E-state index is 0.101. The average Bonchev–Trinajstić information content (AvgIpc) is 2.38. The third-order valence-electron chi connectivity index (χ3n) is 2.38. The van der Waals surface area contributed by atoms with Crippen LogP contribution < -0.4 is 5.56 Å². The van der Waals surface area contributed by atoms with Crippen molar-refractivity contribution in [1.29, 1.82) is 0 Å². The number of ether oxygens (including phenoxy) is 1. The SMILES string of the molecule is COC(=O)CCn1nnc2ccccc2c1=O. The zero-order valence-corrected chi connectivity index (χ0v) is 9.29. The summed E-state index contributed by atoms with van der Waals surface area (Å²) < 4.78 is 5.66. The molecule has 0 aliphatic heterocycles. The van der Waals surface area contributed by atoms with Gasteiger partial charge in [-0.3, -0.25) is 9.59 Å². The molecule has 0 unspecified atom stereocenters. The van der Waals surface area contributed by atoms with Crippen LogP contribution in [0.3, 0.4) is 0 Å². The van der Waals surface area contributed by atoms with E-state index >= 15 is 0 Å². The quantitative estimate of drug-likeness (QED) is 0.715. The zero-order chi connectivity index (χ0) is 12.3. The van der Waals surface area contributed by atoms with Gasteiger partial charge in [-0.1, -0.05) is 17.3 Å². The van der Waals surface area contributed by atoms with Gasteiger partial charge < -0.3 is 4.74 Å². The number of carbonyl (C=O) groups excluding carboxylic acids is 1. The summed E-state index contributed by atoms with van der Waals surface area (Å²) in [4.78, 5) is 22.9. The fourth-order valence-corrected chi connectivity index (χ4v) is 1.47. The first-order valence-corrected chi connectivity index (χ1v) is 5.11. The normalized spacial score (nSPS) is 10.4. The number of fused-ring (bicyclic) bond motifs is 1. The lowest BCUT2D eigenvalue weighted by Crippen LogP contribution is -2.25. The zero-order valence-electron chi connectivity index (χ0n) is 9.29. The summed E-state index contributed by atoms with van der Waals surface area (Å²) >= 11 is 0. The van der Waals surface area contributed by atoms with Crippen LogP contribution in [0.4, 0.5) is 0 Å². The van der Waals surface area contributed by atoms with Crippen LogP contribution in [0, 0.1) is 0 Å². The van der Waals surface area contributed by atoms with Crippen molar-refractivity contribution >= 4 is 16.9 Å².